The van der Waals surface area contributed by atoms with Crippen LogP contribution in [-0.4, -0.2) is 19.1 Å². The summed E-state index contributed by atoms with van der Waals surface area (Å²) in [6, 6.07) is 0.792. The van der Waals surface area contributed by atoms with Crippen LogP contribution >= 0.6 is 0 Å². The van der Waals surface area contributed by atoms with Gasteiger partial charge in [-0.25, -0.2) is 0 Å². The first-order chi connectivity index (χ1) is 5.59. The van der Waals surface area contributed by atoms with Gasteiger partial charge >= 0.3 is 0 Å². The Hall–Kier alpha value is -0.0800. The molecule has 1 saturated carbocycles. The predicted octanol–water partition coefficient (Wildman–Crippen LogP) is 1.36. The molecule has 2 unspecified atom stereocenters. The Kier molecular flexibility index (Phi) is 3.13. The highest BCUT2D eigenvalue weighted by atomic mass is 15.0. The maximum atomic E-state index is 5.64. The van der Waals surface area contributed by atoms with Crippen molar-refractivity contribution in [1.82, 2.24) is 5.32 Å². The molecule has 2 atom stereocenters. The molecule has 0 amide bonds. The van der Waals surface area contributed by atoms with E-state index in [2.05, 4.69) is 26.1 Å². The lowest BCUT2D eigenvalue weighted by Gasteiger charge is -2.22. The van der Waals surface area contributed by atoms with E-state index >= 15 is 0 Å². The molecule has 0 radical (unpaired) electrons. The molecule has 72 valence electrons. The van der Waals surface area contributed by atoms with Crippen LogP contribution in [0.1, 0.15) is 33.6 Å². The van der Waals surface area contributed by atoms with Crippen LogP contribution in [0.4, 0.5) is 0 Å². The Morgan fingerprint density at radius 2 is 2.17 bits per heavy atom. The zero-order chi connectivity index (χ0) is 9.19. The third-order valence-electron chi connectivity index (χ3n) is 2.84. The van der Waals surface area contributed by atoms with Gasteiger partial charge in [0.2, 0.25) is 0 Å². The minimum atomic E-state index is 0.265. The van der Waals surface area contributed by atoms with Gasteiger partial charge in [0.15, 0.2) is 0 Å². The molecule has 2 nitrogen and oxygen atoms in total. The molecule has 0 aromatic rings. The molecule has 1 aliphatic carbocycles. The average molecular weight is 170 g/mol. The molecular formula is C10H22N2. The molecule has 0 aromatic carbocycles. The first kappa shape index (κ1) is 10.0. The van der Waals surface area contributed by atoms with Crippen molar-refractivity contribution in [3.63, 3.8) is 0 Å². The van der Waals surface area contributed by atoms with Gasteiger partial charge in [-0.15, -0.1) is 0 Å². The van der Waals surface area contributed by atoms with Gasteiger partial charge in [0.1, 0.15) is 0 Å². The molecule has 1 fully saturated rings. The minimum absolute atomic E-state index is 0.265. The van der Waals surface area contributed by atoms with Gasteiger partial charge in [0.25, 0.3) is 0 Å². The van der Waals surface area contributed by atoms with Gasteiger partial charge < -0.3 is 11.1 Å². The summed E-state index contributed by atoms with van der Waals surface area (Å²) in [7, 11) is 0. The highest BCUT2D eigenvalue weighted by Crippen LogP contribution is 2.33. The van der Waals surface area contributed by atoms with Crippen LogP contribution in [0, 0.1) is 11.3 Å². The highest BCUT2D eigenvalue weighted by Gasteiger charge is 2.35. The molecule has 0 spiro atoms. The van der Waals surface area contributed by atoms with Crippen molar-refractivity contribution in [2.75, 3.05) is 13.1 Å². The number of hydrogen-bond donors (Lipinski definition) is 2. The summed E-state index contributed by atoms with van der Waals surface area (Å²) in [6.45, 7) is 8.52. The lowest BCUT2D eigenvalue weighted by atomic mass is 9.94. The Morgan fingerprint density at radius 1 is 1.50 bits per heavy atom. The Morgan fingerprint density at radius 3 is 2.58 bits per heavy atom. The van der Waals surface area contributed by atoms with Gasteiger partial charge in [-0.05, 0) is 24.3 Å². The van der Waals surface area contributed by atoms with Gasteiger partial charge in [-0.3, -0.25) is 0 Å². The largest absolute Gasteiger partial charge is 0.330 e. The van der Waals surface area contributed by atoms with E-state index in [1.807, 2.05) is 0 Å². The van der Waals surface area contributed by atoms with E-state index in [1.165, 1.54) is 12.8 Å². The molecule has 1 rings (SSSR count). The van der Waals surface area contributed by atoms with E-state index < -0.39 is 0 Å². The fourth-order valence-corrected chi connectivity index (χ4v) is 1.43. The molecule has 2 heteroatoms. The van der Waals surface area contributed by atoms with Crippen molar-refractivity contribution in [2.24, 2.45) is 17.1 Å². The maximum absolute atomic E-state index is 5.64. The number of rotatable bonds is 5. The second kappa shape index (κ2) is 3.75. The zero-order valence-electron chi connectivity index (χ0n) is 8.56. The fraction of sp³-hybridized carbons (Fsp3) is 1.00. The lowest BCUT2D eigenvalue weighted by Crippen LogP contribution is -2.36. The van der Waals surface area contributed by atoms with Crippen LogP contribution < -0.4 is 11.1 Å². The molecule has 12 heavy (non-hydrogen) atoms. The summed E-state index contributed by atoms with van der Waals surface area (Å²) in [5.74, 6) is 0.943. The molecule has 3 N–H and O–H groups in total. The molecule has 0 aliphatic heterocycles. The first-order valence-corrected chi connectivity index (χ1v) is 5.02. The van der Waals surface area contributed by atoms with Crippen LogP contribution in [-0.2, 0) is 0 Å². The topological polar surface area (TPSA) is 38.0 Å². The maximum Gasteiger partial charge on any atom is 0.00992 e. The summed E-state index contributed by atoms with van der Waals surface area (Å²) < 4.78 is 0. The van der Waals surface area contributed by atoms with Crippen LogP contribution in [0.15, 0.2) is 0 Å². The van der Waals surface area contributed by atoms with E-state index in [9.17, 15) is 0 Å². The van der Waals surface area contributed by atoms with E-state index in [1.54, 1.807) is 0 Å². The second-order valence-electron chi connectivity index (χ2n) is 4.76. The lowest BCUT2D eigenvalue weighted by molar-refractivity contribution is 0.347. The summed E-state index contributed by atoms with van der Waals surface area (Å²) in [4.78, 5) is 0. The number of hydrogen-bond acceptors (Lipinski definition) is 2. The molecule has 0 aromatic heterocycles. The SMILES string of the molecule is CCC1CC1NCC(C)(C)CN. The fourth-order valence-electron chi connectivity index (χ4n) is 1.43. The standard InChI is InChI=1S/C10H22N2/c1-4-8-5-9(8)12-7-10(2,3)6-11/h8-9,12H,4-7,11H2,1-3H3. The molecule has 0 heterocycles. The van der Waals surface area contributed by atoms with Crippen molar-refractivity contribution < 1.29 is 0 Å². The summed E-state index contributed by atoms with van der Waals surface area (Å²) in [6.07, 6.45) is 2.69. The van der Waals surface area contributed by atoms with E-state index in [0.717, 1.165) is 25.0 Å². The van der Waals surface area contributed by atoms with Crippen LogP contribution in [0.3, 0.4) is 0 Å². The average Bonchev–Trinajstić information content (AvgIpc) is 2.80. The van der Waals surface area contributed by atoms with E-state index in [-0.39, 0.29) is 5.41 Å². The Labute approximate surface area is 75.9 Å². The molecular weight excluding hydrogens is 148 g/mol. The van der Waals surface area contributed by atoms with Gasteiger partial charge in [0, 0.05) is 12.6 Å². The zero-order valence-corrected chi connectivity index (χ0v) is 8.56. The van der Waals surface area contributed by atoms with Crippen molar-refractivity contribution in [3.05, 3.63) is 0 Å². The van der Waals surface area contributed by atoms with Crippen molar-refractivity contribution >= 4 is 0 Å². The Bertz CT molecular complexity index is 143. The minimum Gasteiger partial charge on any atom is -0.330 e. The summed E-state index contributed by atoms with van der Waals surface area (Å²) in [5.41, 5.74) is 5.90. The third-order valence-corrected chi connectivity index (χ3v) is 2.84. The normalized spacial score (nSPS) is 29.0. The van der Waals surface area contributed by atoms with Crippen molar-refractivity contribution in [3.8, 4) is 0 Å². The highest BCUT2D eigenvalue weighted by molar-refractivity contribution is 4.93. The number of nitrogens with one attached hydrogen (secondary N) is 1. The summed E-state index contributed by atoms with van der Waals surface area (Å²) >= 11 is 0. The third kappa shape index (κ3) is 2.76. The van der Waals surface area contributed by atoms with Crippen molar-refractivity contribution in [1.29, 1.82) is 0 Å². The van der Waals surface area contributed by atoms with E-state index in [0.29, 0.717) is 0 Å². The first-order valence-electron chi connectivity index (χ1n) is 5.02. The predicted molar refractivity (Wildman–Crippen MR) is 53.0 cm³/mol. The monoisotopic (exact) mass is 170 g/mol. The van der Waals surface area contributed by atoms with Gasteiger partial charge in [0.05, 0.1) is 0 Å². The van der Waals surface area contributed by atoms with Gasteiger partial charge in [-0.1, -0.05) is 27.2 Å². The van der Waals surface area contributed by atoms with E-state index in [4.69, 9.17) is 5.73 Å². The Balaban J connectivity index is 2.11. The number of nitrogens with two attached hydrogens (primary N) is 1. The van der Waals surface area contributed by atoms with Crippen molar-refractivity contribution in [2.45, 2.75) is 39.7 Å². The van der Waals surface area contributed by atoms with Gasteiger partial charge in [-0.2, -0.15) is 0 Å². The van der Waals surface area contributed by atoms with Crippen LogP contribution in [0.2, 0.25) is 0 Å². The molecule has 0 bridgehead atoms. The summed E-state index contributed by atoms with van der Waals surface area (Å²) in [5, 5.41) is 3.57. The van der Waals surface area contributed by atoms with Crippen LogP contribution in [0.5, 0.6) is 0 Å². The van der Waals surface area contributed by atoms with Crippen LogP contribution in [0.25, 0.3) is 0 Å². The molecule has 0 saturated heterocycles. The quantitative estimate of drug-likeness (QED) is 0.654. The second-order valence-corrected chi connectivity index (χ2v) is 4.76. The smallest absolute Gasteiger partial charge is 0.00992 e. The molecule has 1 aliphatic rings.